The lowest BCUT2D eigenvalue weighted by molar-refractivity contribution is -0.139. The minimum Gasteiger partial charge on any atom is -0.391 e. The van der Waals surface area contributed by atoms with Crippen LogP contribution in [0.15, 0.2) is 18.2 Å². The molecule has 0 saturated carbocycles. The Morgan fingerprint density at radius 2 is 2.19 bits per heavy atom. The van der Waals surface area contributed by atoms with Crippen molar-refractivity contribution >= 4 is 29.1 Å². The Bertz CT molecular complexity index is 521. The molecule has 1 N–H and O–H groups in total. The molecular weight excluding hydrogens is 309 g/mol. The van der Waals surface area contributed by atoms with E-state index in [9.17, 15) is 9.90 Å². The van der Waals surface area contributed by atoms with Crippen LogP contribution in [-0.2, 0) is 11.2 Å². The van der Waals surface area contributed by atoms with Gasteiger partial charge in [-0.25, -0.2) is 0 Å². The highest BCUT2D eigenvalue weighted by atomic mass is 35.5. The van der Waals surface area contributed by atoms with Crippen molar-refractivity contribution in [2.24, 2.45) is 11.8 Å². The summed E-state index contributed by atoms with van der Waals surface area (Å²) in [6.45, 7) is 5.06. The Morgan fingerprint density at radius 1 is 1.48 bits per heavy atom. The van der Waals surface area contributed by atoms with Gasteiger partial charge < -0.3 is 10.0 Å². The molecule has 116 valence electrons. The van der Waals surface area contributed by atoms with Gasteiger partial charge in [-0.3, -0.25) is 4.79 Å². The molecule has 1 aliphatic rings. The van der Waals surface area contributed by atoms with Gasteiger partial charge in [-0.1, -0.05) is 43.1 Å². The highest BCUT2D eigenvalue weighted by Crippen LogP contribution is 2.25. The summed E-state index contributed by atoms with van der Waals surface area (Å²) in [5.41, 5.74) is 0.924. The first kappa shape index (κ1) is 16.6. The second kappa shape index (κ2) is 6.99. The van der Waals surface area contributed by atoms with E-state index in [1.54, 1.807) is 17.0 Å². The van der Waals surface area contributed by atoms with Crippen molar-refractivity contribution in [1.82, 2.24) is 4.90 Å². The number of nitrogens with zero attached hydrogens (tertiary/aromatic N) is 1. The maximum Gasteiger partial charge on any atom is 0.225 e. The molecule has 0 aliphatic carbocycles. The standard InChI is InChI=1S/C16H21Cl2NO2/c1-10-5-6-19(9-15(10)20)16(21)11(2)7-12-3-4-13(17)8-14(12)18/h3-4,8,10-11,15,20H,5-7,9H2,1-2H3. The lowest BCUT2D eigenvalue weighted by Crippen LogP contribution is -2.47. The van der Waals surface area contributed by atoms with Gasteiger partial charge in [0.25, 0.3) is 0 Å². The maximum absolute atomic E-state index is 12.5. The summed E-state index contributed by atoms with van der Waals surface area (Å²) in [7, 11) is 0. The molecule has 1 fully saturated rings. The van der Waals surface area contributed by atoms with Crippen molar-refractivity contribution in [3.8, 4) is 0 Å². The van der Waals surface area contributed by atoms with E-state index < -0.39 is 6.10 Å². The molecule has 1 aromatic carbocycles. The van der Waals surface area contributed by atoms with Gasteiger partial charge in [0.1, 0.15) is 0 Å². The molecule has 3 unspecified atom stereocenters. The molecule has 5 heteroatoms. The zero-order valence-corrected chi connectivity index (χ0v) is 13.9. The first-order valence-electron chi connectivity index (χ1n) is 7.29. The molecule has 1 heterocycles. The highest BCUT2D eigenvalue weighted by molar-refractivity contribution is 6.35. The molecule has 0 aromatic heterocycles. The van der Waals surface area contributed by atoms with Crippen molar-refractivity contribution in [1.29, 1.82) is 0 Å². The van der Waals surface area contributed by atoms with Crippen LogP contribution in [0.25, 0.3) is 0 Å². The number of amides is 1. The molecular formula is C16H21Cl2NO2. The number of aliphatic hydroxyl groups excluding tert-OH is 1. The van der Waals surface area contributed by atoms with E-state index >= 15 is 0 Å². The average Bonchev–Trinajstić information content (AvgIpc) is 2.44. The SMILES string of the molecule is CC(Cc1ccc(Cl)cc1Cl)C(=O)N1CCC(C)C(O)C1. The summed E-state index contributed by atoms with van der Waals surface area (Å²) < 4.78 is 0. The lowest BCUT2D eigenvalue weighted by Gasteiger charge is -2.35. The first-order chi connectivity index (χ1) is 9.88. The molecule has 0 spiro atoms. The Balaban J connectivity index is 1.99. The Kier molecular flexibility index (Phi) is 5.53. The molecule has 21 heavy (non-hydrogen) atoms. The summed E-state index contributed by atoms with van der Waals surface area (Å²) in [5.74, 6) is 0.173. The summed E-state index contributed by atoms with van der Waals surface area (Å²) in [6.07, 6.45) is 1.01. The summed E-state index contributed by atoms with van der Waals surface area (Å²) in [5, 5.41) is 11.1. The van der Waals surface area contributed by atoms with Crippen molar-refractivity contribution < 1.29 is 9.90 Å². The number of β-amino-alcohol motifs (C(OH)–C–C–N with tert-alkyl or cyclic N) is 1. The van der Waals surface area contributed by atoms with Crippen LogP contribution in [0.3, 0.4) is 0 Å². The van der Waals surface area contributed by atoms with Crippen molar-refractivity contribution in [2.75, 3.05) is 13.1 Å². The zero-order chi connectivity index (χ0) is 15.6. The van der Waals surface area contributed by atoms with Crippen LogP contribution in [0, 0.1) is 11.8 Å². The van der Waals surface area contributed by atoms with Gasteiger partial charge in [-0.15, -0.1) is 0 Å². The van der Waals surface area contributed by atoms with E-state index in [1.807, 2.05) is 19.9 Å². The Hall–Kier alpha value is -0.770. The fraction of sp³-hybridized carbons (Fsp3) is 0.562. The number of rotatable bonds is 3. The topological polar surface area (TPSA) is 40.5 Å². The maximum atomic E-state index is 12.5. The third-order valence-corrected chi connectivity index (χ3v) is 4.78. The number of piperidine rings is 1. The van der Waals surface area contributed by atoms with E-state index in [0.29, 0.717) is 23.0 Å². The van der Waals surface area contributed by atoms with Crippen molar-refractivity contribution in [2.45, 2.75) is 32.8 Å². The van der Waals surface area contributed by atoms with Crippen LogP contribution < -0.4 is 0 Å². The largest absolute Gasteiger partial charge is 0.391 e. The average molecular weight is 330 g/mol. The van der Waals surface area contributed by atoms with E-state index in [4.69, 9.17) is 23.2 Å². The molecule has 2 rings (SSSR count). The predicted octanol–water partition coefficient (Wildman–Crippen LogP) is 3.40. The van der Waals surface area contributed by atoms with Crippen LogP contribution in [0.2, 0.25) is 10.0 Å². The minimum absolute atomic E-state index is 0.0759. The summed E-state index contributed by atoms with van der Waals surface area (Å²) in [4.78, 5) is 14.2. The lowest BCUT2D eigenvalue weighted by atomic mass is 9.93. The molecule has 3 nitrogen and oxygen atoms in total. The quantitative estimate of drug-likeness (QED) is 0.923. The van der Waals surface area contributed by atoms with Crippen LogP contribution >= 0.6 is 23.2 Å². The van der Waals surface area contributed by atoms with Gasteiger partial charge in [0.15, 0.2) is 0 Å². The number of carbonyl (C=O) groups excluding carboxylic acids is 1. The number of benzene rings is 1. The van der Waals surface area contributed by atoms with E-state index in [2.05, 4.69) is 0 Å². The zero-order valence-electron chi connectivity index (χ0n) is 12.4. The smallest absolute Gasteiger partial charge is 0.225 e. The van der Waals surface area contributed by atoms with Crippen LogP contribution in [0.4, 0.5) is 0 Å². The predicted molar refractivity (Wildman–Crippen MR) is 85.7 cm³/mol. The molecule has 1 aliphatic heterocycles. The van der Waals surface area contributed by atoms with E-state index in [1.165, 1.54) is 0 Å². The van der Waals surface area contributed by atoms with Crippen LogP contribution in [0.1, 0.15) is 25.8 Å². The van der Waals surface area contributed by atoms with Gasteiger partial charge in [-0.05, 0) is 36.5 Å². The summed E-state index contributed by atoms with van der Waals surface area (Å²) >= 11 is 12.0. The van der Waals surface area contributed by atoms with Crippen molar-refractivity contribution in [3.63, 3.8) is 0 Å². The summed E-state index contributed by atoms with van der Waals surface area (Å²) in [6, 6.07) is 5.34. The fourth-order valence-electron chi connectivity index (χ4n) is 2.67. The second-order valence-corrected chi connectivity index (χ2v) is 6.80. The molecule has 0 radical (unpaired) electrons. The Labute approximate surface area is 135 Å². The molecule has 1 amide bonds. The third kappa shape index (κ3) is 4.12. The molecule has 0 bridgehead atoms. The van der Waals surface area contributed by atoms with Crippen LogP contribution in [-0.4, -0.2) is 35.1 Å². The van der Waals surface area contributed by atoms with E-state index in [-0.39, 0.29) is 17.7 Å². The number of likely N-dealkylation sites (tertiary alicyclic amines) is 1. The number of halogens is 2. The van der Waals surface area contributed by atoms with Gasteiger partial charge in [0.2, 0.25) is 5.91 Å². The molecule has 3 atom stereocenters. The van der Waals surface area contributed by atoms with Gasteiger partial charge in [0.05, 0.1) is 6.10 Å². The molecule has 1 saturated heterocycles. The number of carbonyl (C=O) groups is 1. The first-order valence-corrected chi connectivity index (χ1v) is 8.05. The second-order valence-electron chi connectivity index (χ2n) is 5.96. The molecule has 1 aromatic rings. The Morgan fingerprint density at radius 3 is 2.81 bits per heavy atom. The third-order valence-electron chi connectivity index (χ3n) is 4.19. The van der Waals surface area contributed by atoms with Crippen molar-refractivity contribution in [3.05, 3.63) is 33.8 Å². The van der Waals surface area contributed by atoms with Gasteiger partial charge >= 0.3 is 0 Å². The van der Waals surface area contributed by atoms with Crippen LogP contribution in [0.5, 0.6) is 0 Å². The monoisotopic (exact) mass is 329 g/mol. The fourth-order valence-corrected chi connectivity index (χ4v) is 3.15. The number of hydrogen-bond donors (Lipinski definition) is 1. The highest BCUT2D eigenvalue weighted by Gasteiger charge is 2.29. The van der Waals surface area contributed by atoms with Gasteiger partial charge in [0, 0.05) is 29.1 Å². The number of aliphatic hydroxyl groups is 1. The minimum atomic E-state index is -0.422. The number of hydrogen-bond acceptors (Lipinski definition) is 2. The van der Waals surface area contributed by atoms with E-state index in [0.717, 1.165) is 18.5 Å². The normalized spacial score (nSPS) is 24.0. The van der Waals surface area contributed by atoms with Gasteiger partial charge in [-0.2, -0.15) is 0 Å².